The molecule has 0 unspecified atom stereocenters. The lowest BCUT2D eigenvalue weighted by Crippen LogP contribution is -2.21. The van der Waals surface area contributed by atoms with Crippen molar-refractivity contribution in [3.63, 3.8) is 0 Å². The lowest BCUT2D eigenvalue weighted by atomic mass is 10.1. The Morgan fingerprint density at radius 2 is 1.58 bits per heavy atom. The van der Waals surface area contributed by atoms with Gasteiger partial charge in [0.15, 0.2) is 6.61 Å². The van der Waals surface area contributed by atoms with Crippen molar-refractivity contribution in [2.75, 3.05) is 24.3 Å². The first-order valence-electron chi connectivity index (χ1n) is 8.23. The van der Waals surface area contributed by atoms with Crippen LogP contribution in [0.25, 0.3) is 0 Å². The fourth-order valence-electron chi connectivity index (χ4n) is 2.39. The average molecular weight is 442 g/mol. The first kappa shape index (κ1) is 23.1. The Bertz CT molecular complexity index is 1060. The van der Waals surface area contributed by atoms with E-state index in [1.165, 1.54) is 19.2 Å². The second kappa shape index (κ2) is 9.06. The second-order valence-electron chi connectivity index (χ2n) is 5.85. The van der Waals surface area contributed by atoms with E-state index in [0.29, 0.717) is 12.1 Å². The maximum absolute atomic E-state index is 12.7. The van der Waals surface area contributed by atoms with E-state index in [9.17, 15) is 43.0 Å². The van der Waals surface area contributed by atoms with Gasteiger partial charge in [-0.15, -0.1) is 0 Å². The summed E-state index contributed by atoms with van der Waals surface area (Å²) >= 11 is 0. The van der Waals surface area contributed by atoms with Gasteiger partial charge in [0, 0.05) is 19.2 Å². The van der Waals surface area contributed by atoms with Crippen LogP contribution in [0, 0.1) is 20.2 Å². The van der Waals surface area contributed by atoms with E-state index >= 15 is 0 Å². The van der Waals surface area contributed by atoms with Gasteiger partial charge in [-0.1, -0.05) is 0 Å². The Morgan fingerprint density at radius 3 is 2.13 bits per heavy atom. The molecule has 0 bridgehead atoms. The maximum Gasteiger partial charge on any atom is 0.416 e. The maximum atomic E-state index is 12.7. The highest BCUT2D eigenvalue weighted by Crippen LogP contribution is 2.35. The van der Waals surface area contributed by atoms with Crippen molar-refractivity contribution >= 4 is 34.6 Å². The topological polar surface area (TPSA) is 154 Å². The molecule has 0 radical (unpaired) electrons. The molecule has 2 N–H and O–H groups in total. The number of carbonyl (C=O) groups is 2. The van der Waals surface area contributed by atoms with Gasteiger partial charge < -0.3 is 15.4 Å². The van der Waals surface area contributed by atoms with E-state index in [-0.39, 0.29) is 17.3 Å². The number of halogens is 3. The molecule has 2 rings (SSSR count). The van der Waals surface area contributed by atoms with Gasteiger partial charge in [-0.05, 0) is 24.3 Å². The number of ether oxygens (including phenoxy) is 1. The van der Waals surface area contributed by atoms with Crippen LogP contribution in [-0.2, 0) is 15.7 Å². The van der Waals surface area contributed by atoms with Crippen molar-refractivity contribution in [3.05, 3.63) is 67.8 Å². The zero-order chi connectivity index (χ0) is 23.3. The first-order chi connectivity index (χ1) is 14.4. The summed E-state index contributed by atoms with van der Waals surface area (Å²) in [6.45, 7) is -0.946. The Hall–Kier alpha value is -4.23. The molecule has 0 atom stereocenters. The number of nitrogens with zero attached hydrogens (tertiary/aromatic N) is 2. The fraction of sp³-hybridized carbons (Fsp3) is 0.176. The third kappa shape index (κ3) is 5.65. The van der Waals surface area contributed by atoms with Crippen LogP contribution in [0.15, 0.2) is 36.4 Å². The number of nitro benzene ring substituents is 2. The molecule has 0 aliphatic heterocycles. The smallest absolute Gasteiger partial charge is 0.416 e. The second-order valence-corrected chi connectivity index (χ2v) is 5.85. The molecule has 11 nitrogen and oxygen atoms in total. The minimum atomic E-state index is -4.83. The molecule has 164 valence electrons. The molecule has 14 heteroatoms. The van der Waals surface area contributed by atoms with Crippen LogP contribution in [0.5, 0.6) is 0 Å². The van der Waals surface area contributed by atoms with Crippen LogP contribution in [0.4, 0.5) is 35.9 Å². The summed E-state index contributed by atoms with van der Waals surface area (Å²) < 4.78 is 42.8. The number of hydrogen-bond acceptors (Lipinski definition) is 8. The van der Waals surface area contributed by atoms with Crippen LogP contribution in [0.2, 0.25) is 0 Å². The number of alkyl halides is 3. The molecule has 2 aromatic carbocycles. The predicted molar refractivity (Wildman–Crippen MR) is 99.7 cm³/mol. The lowest BCUT2D eigenvalue weighted by molar-refractivity contribution is -0.384. The van der Waals surface area contributed by atoms with Crippen molar-refractivity contribution in [2.24, 2.45) is 0 Å². The zero-order valence-electron chi connectivity index (χ0n) is 15.6. The average Bonchev–Trinajstić information content (AvgIpc) is 2.70. The Morgan fingerprint density at radius 1 is 1.00 bits per heavy atom. The van der Waals surface area contributed by atoms with Crippen molar-refractivity contribution < 1.29 is 37.3 Å². The van der Waals surface area contributed by atoms with Crippen molar-refractivity contribution in [2.45, 2.75) is 6.18 Å². The van der Waals surface area contributed by atoms with E-state index in [1.54, 1.807) is 0 Å². The first-order valence-corrected chi connectivity index (χ1v) is 8.23. The highest BCUT2D eigenvalue weighted by molar-refractivity contribution is 5.97. The number of carbonyl (C=O) groups excluding carboxylic acids is 2. The number of amides is 1. The quantitative estimate of drug-likeness (QED) is 0.376. The molecule has 0 aromatic heterocycles. The lowest BCUT2D eigenvalue weighted by Gasteiger charge is -2.10. The van der Waals surface area contributed by atoms with Crippen LogP contribution < -0.4 is 10.6 Å². The number of nitrogens with one attached hydrogen (secondary N) is 2. The molecule has 0 aliphatic rings. The monoisotopic (exact) mass is 442 g/mol. The van der Waals surface area contributed by atoms with E-state index < -0.39 is 57.1 Å². The molecule has 2 aromatic rings. The van der Waals surface area contributed by atoms with Crippen LogP contribution in [0.3, 0.4) is 0 Å². The minimum Gasteiger partial charge on any atom is -0.452 e. The molecule has 0 saturated heterocycles. The number of anilines is 2. The van der Waals surface area contributed by atoms with Crippen molar-refractivity contribution in [1.82, 2.24) is 0 Å². The summed E-state index contributed by atoms with van der Waals surface area (Å²) in [5, 5.41) is 26.6. The third-order valence-corrected chi connectivity index (χ3v) is 3.83. The Kier molecular flexibility index (Phi) is 6.74. The molecule has 0 aliphatic carbocycles. The molecule has 31 heavy (non-hydrogen) atoms. The highest BCUT2D eigenvalue weighted by atomic mass is 19.4. The van der Waals surface area contributed by atoms with E-state index in [2.05, 4.69) is 5.32 Å². The zero-order valence-corrected chi connectivity index (χ0v) is 15.6. The largest absolute Gasteiger partial charge is 0.452 e. The molecule has 1 amide bonds. The molecular formula is C17H13F3N4O7. The standard InChI is InChI=1S/C17H13F3N4O7/c1-21-11-4-2-9(6-13(11)23(27)28)16(26)31-8-15(25)22-12-5-3-10(17(18,19)20)7-14(12)24(29)30/h2-7,21H,8H2,1H3,(H,22,25). The summed E-state index contributed by atoms with van der Waals surface area (Å²) in [4.78, 5) is 44.1. The van der Waals surface area contributed by atoms with E-state index in [4.69, 9.17) is 4.74 Å². The van der Waals surface area contributed by atoms with Gasteiger partial charge >= 0.3 is 12.1 Å². The summed E-state index contributed by atoms with van der Waals surface area (Å²) in [6, 6.07) is 4.87. The van der Waals surface area contributed by atoms with Gasteiger partial charge in [-0.3, -0.25) is 25.0 Å². The summed E-state index contributed by atoms with van der Waals surface area (Å²) in [6.07, 6.45) is -4.83. The van der Waals surface area contributed by atoms with Crippen LogP contribution >= 0.6 is 0 Å². The van der Waals surface area contributed by atoms with Gasteiger partial charge in [0.1, 0.15) is 11.4 Å². The fourth-order valence-corrected chi connectivity index (χ4v) is 2.39. The highest BCUT2D eigenvalue weighted by Gasteiger charge is 2.33. The minimum absolute atomic E-state index is 0.133. The van der Waals surface area contributed by atoms with Crippen LogP contribution in [-0.4, -0.2) is 35.4 Å². The van der Waals surface area contributed by atoms with E-state index in [0.717, 1.165) is 6.07 Å². The number of benzene rings is 2. The van der Waals surface area contributed by atoms with Crippen LogP contribution in [0.1, 0.15) is 15.9 Å². The summed E-state index contributed by atoms with van der Waals surface area (Å²) in [5.74, 6) is -2.17. The number of hydrogen-bond donors (Lipinski definition) is 2. The Balaban J connectivity index is 2.10. The van der Waals surface area contributed by atoms with Gasteiger partial charge in [0.05, 0.1) is 21.0 Å². The van der Waals surface area contributed by atoms with E-state index in [1.807, 2.05) is 5.32 Å². The van der Waals surface area contributed by atoms with Gasteiger partial charge in [-0.2, -0.15) is 13.2 Å². The summed E-state index contributed by atoms with van der Waals surface area (Å²) in [5.41, 5.74) is -3.34. The molecule has 0 heterocycles. The molecular weight excluding hydrogens is 429 g/mol. The normalized spacial score (nSPS) is 10.8. The molecule has 0 saturated carbocycles. The molecule has 0 fully saturated rings. The van der Waals surface area contributed by atoms with Gasteiger partial charge in [0.2, 0.25) is 0 Å². The predicted octanol–water partition coefficient (Wildman–Crippen LogP) is 3.36. The number of nitro groups is 2. The summed E-state index contributed by atoms with van der Waals surface area (Å²) in [7, 11) is 1.44. The van der Waals surface area contributed by atoms with Gasteiger partial charge in [0.25, 0.3) is 17.3 Å². The number of esters is 1. The van der Waals surface area contributed by atoms with Crippen molar-refractivity contribution in [1.29, 1.82) is 0 Å². The SMILES string of the molecule is CNc1ccc(C(=O)OCC(=O)Nc2ccc(C(F)(F)F)cc2[N+](=O)[O-])cc1[N+](=O)[O-]. The van der Waals surface area contributed by atoms with Gasteiger partial charge in [-0.25, -0.2) is 4.79 Å². The molecule has 0 spiro atoms. The Labute approximate surface area is 171 Å². The third-order valence-electron chi connectivity index (χ3n) is 3.83. The van der Waals surface area contributed by atoms with Crippen molar-refractivity contribution in [3.8, 4) is 0 Å². The number of rotatable bonds is 7.